The topological polar surface area (TPSA) is 72.5 Å². The summed E-state index contributed by atoms with van der Waals surface area (Å²) in [7, 11) is 0. The molecule has 11 fully saturated rings. The van der Waals surface area contributed by atoms with Gasteiger partial charge in [0.2, 0.25) is 0 Å². The Bertz CT molecular complexity index is 965. The Kier molecular flexibility index (Phi) is 4.68. The average Bonchev–Trinajstić information content (AvgIpc) is 3.44. The van der Waals surface area contributed by atoms with Gasteiger partial charge in [0.1, 0.15) is 31.0 Å². The highest BCUT2D eigenvalue weighted by molar-refractivity contribution is 5.86. The van der Waals surface area contributed by atoms with Crippen molar-refractivity contribution in [3.8, 4) is 0 Å². The van der Waals surface area contributed by atoms with E-state index in [9.17, 15) is 4.79 Å². The van der Waals surface area contributed by atoms with E-state index in [0.717, 1.165) is 23.7 Å². The molecule has 5 atom stereocenters. The van der Waals surface area contributed by atoms with Crippen LogP contribution in [0.4, 0.5) is 0 Å². The molecule has 8 aliphatic carbocycles. The van der Waals surface area contributed by atoms with Gasteiger partial charge in [-0.1, -0.05) is 6.58 Å². The summed E-state index contributed by atoms with van der Waals surface area (Å²) in [5.74, 6) is 3.53. The maximum atomic E-state index is 12.3. The minimum Gasteiger partial charge on any atom is -0.459 e. The minimum atomic E-state index is -0.556. The normalized spacial score (nSPS) is 59.8. The standard InChI is InChI=1S/C30H40O7/c1-14(2)27(31)32-13-23-24-25(35-29(34-24)19-5-15-3-16(7-19)8-20(29)6-15)26-28(33-23)37-30(36-26)21-9-17-4-18(11-21)12-22(30)10-17/h15-26,28H,1,3-13H2,2H3/t15?,16?,17?,18?,19?,20?,21?,22?,23-,24-,25+,26+,28-,29?,30?/m1/s1. The highest BCUT2D eigenvalue weighted by Crippen LogP contribution is 2.66. The molecule has 8 bridgehead atoms. The van der Waals surface area contributed by atoms with Crippen LogP contribution in [0.3, 0.4) is 0 Å². The third-order valence-corrected chi connectivity index (χ3v) is 12.1. The Morgan fingerprint density at radius 3 is 1.68 bits per heavy atom. The number of hydrogen-bond acceptors (Lipinski definition) is 7. The van der Waals surface area contributed by atoms with Gasteiger partial charge in [0.05, 0.1) is 0 Å². The van der Waals surface area contributed by atoms with Gasteiger partial charge in [-0.05, 0) is 94.8 Å². The fourth-order valence-electron chi connectivity index (χ4n) is 11.1. The summed E-state index contributed by atoms with van der Waals surface area (Å²) < 4.78 is 40.4. The zero-order valence-corrected chi connectivity index (χ0v) is 21.8. The van der Waals surface area contributed by atoms with Gasteiger partial charge >= 0.3 is 5.97 Å². The zero-order chi connectivity index (χ0) is 24.7. The molecule has 0 amide bonds. The quantitative estimate of drug-likeness (QED) is 0.412. The highest BCUT2D eigenvalue weighted by atomic mass is 16.9. The maximum absolute atomic E-state index is 12.3. The smallest absolute Gasteiger partial charge is 0.333 e. The summed E-state index contributed by atoms with van der Waals surface area (Å²) in [4.78, 5) is 12.3. The first-order valence-corrected chi connectivity index (χ1v) is 15.1. The number of carbonyl (C=O) groups excluding carboxylic acids is 1. The van der Waals surface area contributed by atoms with Crippen molar-refractivity contribution in [2.45, 2.75) is 113 Å². The molecule has 37 heavy (non-hydrogen) atoms. The molecule has 0 aromatic heterocycles. The van der Waals surface area contributed by atoms with Crippen molar-refractivity contribution in [1.29, 1.82) is 0 Å². The molecule has 7 nitrogen and oxygen atoms in total. The lowest BCUT2D eigenvalue weighted by atomic mass is 9.53. The maximum Gasteiger partial charge on any atom is 0.333 e. The highest BCUT2D eigenvalue weighted by Gasteiger charge is 2.72. The molecular weight excluding hydrogens is 472 g/mol. The van der Waals surface area contributed by atoms with E-state index in [4.69, 9.17) is 28.4 Å². The minimum absolute atomic E-state index is 0.115. The predicted molar refractivity (Wildman–Crippen MR) is 130 cm³/mol. The molecule has 7 heteroatoms. The van der Waals surface area contributed by atoms with Gasteiger partial charge in [0.25, 0.3) is 0 Å². The molecule has 3 saturated heterocycles. The molecule has 11 rings (SSSR count). The van der Waals surface area contributed by atoms with E-state index in [0.29, 0.717) is 29.2 Å². The number of esters is 1. The van der Waals surface area contributed by atoms with E-state index >= 15 is 0 Å². The number of rotatable bonds is 3. The van der Waals surface area contributed by atoms with Crippen molar-refractivity contribution in [3.05, 3.63) is 12.2 Å². The van der Waals surface area contributed by atoms with E-state index in [-0.39, 0.29) is 24.9 Å². The molecule has 0 radical (unpaired) electrons. The fraction of sp³-hybridized carbons (Fsp3) is 0.900. The molecule has 3 heterocycles. The van der Waals surface area contributed by atoms with E-state index in [1.54, 1.807) is 6.92 Å². The summed E-state index contributed by atoms with van der Waals surface area (Å²) in [5, 5.41) is 0. The van der Waals surface area contributed by atoms with Crippen LogP contribution in [0, 0.1) is 47.3 Å². The van der Waals surface area contributed by atoms with Crippen LogP contribution >= 0.6 is 0 Å². The molecule has 202 valence electrons. The van der Waals surface area contributed by atoms with Gasteiger partial charge in [-0.15, -0.1) is 0 Å². The second kappa shape index (κ2) is 7.60. The zero-order valence-electron chi connectivity index (χ0n) is 21.8. The van der Waals surface area contributed by atoms with Gasteiger partial charge in [0, 0.05) is 29.2 Å². The van der Waals surface area contributed by atoms with Crippen molar-refractivity contribution in [2.24, 2.45) is 47.3 Å². The van der Waals surface area contributed by atoms with E-state index < -0.39 is 29.9 Å². The van der Waals surface area contributed by atoms with Crippen LogP contribution in [-0.2, 0) is 33.2 Å². The number of fused-ring (bicyclic) bond motifs is 3. The lowest BCUT2D eigenvalue weighted by Crippen LogP contribution is -2.59. The Morgan fingerprint density at radius 1 is 0.703 bits per heavy atom. The largest absolute Gasteiger partial charge is 0.459 e. The van der Waals surface area contributed by atoms with Crippen molar-refractivity contribution in [1.82, 2.24) is 0 Å². The predicted octanol–water partition coefficient (Wildman–Crippen LogP) is 4.33. The number of hydrogen-bond donors (Lipinski definition) is 0. The van der Waals surface area contributed by atoms with Crippen LogP contribution in [0.1, 0.15) is 71.1 Å². The van der Waals surface area contributed by atoms with Crippen LogP contribution in [0.15, 0.2) is 12.2 Å². The Hall–Kier alpha value is -0.990. The summed E-state index contributed by atoms with van der Waals surface area (Å²) >= 11 is 0. The SMILES string of the molecule is C=C(C)C(=O)OC[C@H]1O[C@@H]2OC3(O[C@H]2[C@H]2OC4(O[C@@H]21)C1CC2CC(C1)CC4C2)C1CC2CC(C1)CC3C2. The number of ether oxygens (including phenoxy) is 6. The molecule has 0 unspecified atom stereocenters. The second-order valence-corrected chi connectivity index (χ2v) is 14.3. The molecule has 0 aromatic carbocycles. The Labute approximate surface area is 218 Å². The van der Waals surface area contributed by atoms with E-state index in [1.807, 2.05) is 0 Å². The lowest BCUT2D eigenvalue weighted by molar-refractivity contribution is -0.325. The molecule has 0 aromatic rings. The van der Waals surface area contributed by atoms with Gasteiger partial charge in [0.15, 0.2) is 17.9 Å². The molecule has 2 spiro atoms. The van der Waals surface area contributed by atoms with Crippen LogP contribution in [0.2, 0.25) is 0 Å². The summed E-state index contributed by atoms with van der Waals surface area (Å²) in [6.45, 7) is 5.53. The van der Waals surface area contributed by atoms with Crippen molar-refractivity contribution in [2.75, 3.05) is 6.61 Å². The summed E-state index contributed by atoms with van der Waals surface area (Å²) in [5.41, 5.74) is 0.388. The van der Waals surface area contributed by atoms with Crippen LogP contribution in [0.5, 0.6) is 0 Å². The fourth-order valence-corrected chi connectivity index (χ4v) is 11.1. The Balaban J connectivity index is 1.04. The van der Waals surface area contributed by atoms with Crippen molar-refractivity contribution < 1.29 is 33.2 Å². The summed E-state index contributed by atoms with van der Waals surface area (Å²) in [6.07, 6.45) is 10.5. The van der Waals surface area contributed by atoms with Gasteiger partial charge in [-0.2, -0.15) is 0 Å². The molecule has 11 aliphatic rings. The van der Waals surface area contributed by atoms with Crippen molar-refractivity contribution in [3.63, 3.8) is 0 Å². The van der Waals surface area contributed by atoms with Crippen molar-refractivity contribution >= 4 is 5.97 Å². The summed E-state index contributed by atoms with van der Waals surface area (Å²) in [6, 6.07) is 0. The molecule has 8 saturated carbocycles. The van der Waals surface area contributed by atoms with E-state index in [1.165, 1.54) is 64.2 Å². The Morgan fingerprint density at radius 2 is 1.16 bits per heavy atom. The lowest BCUT2D eigenvalue weighted by Gasteiger charge is -2.58. The third-order valence-electron chi connectivity index (χ3n) is 12.1. The van der Waals surface area contributed by atoms with E-state index in [2.05, 4.69) is 6.58 Å². The van der Waals surface area contributed by atoms with Gasteiger partial charge in [-0.25, -0.2) is 4.79 Å². The molecule has 0 N–H and O–H groups in total. The van der Waals surface area contributed by atoms with Crippen LogP contribution < -0.4 is 0 Å². The third kappa shape index (κ3) is 3.04. The first-order valence-electron chi connectivity index (χ1n) is 15.1. The molecular formula is C30H40O7. The number of carbonyl (C=O) groups is 1. The second-order valence-electron chi connectivity index (χ2n) is 14.3. The van der Waals surface area contributed by atoms with Crippen LogP contribution in [-0.4, -0.2) is 54.9 Å². The monoisotopic (exact) mass is 512 g/mol. The van der Waals surface area contributed by atoms with Gasteiger partial charge in [-0.3, -0.25) is 0 Å². The van der Waals surface area contributed by atoms with Gasteiger partial charge < -0.3 is 28.4 Å². The first kappa shape index (κ1) is 22.8. The molecule has 3 aliphatic heterocycles. The average molecular weight is 513 g/mol. The first-order chi connectivity index (χ1) is 17.9. The van der Waals surface area contributed by atoms with Crippen LogP contribution in [0.25, 0.3) is 0 Å².